The summed E-state index contributed by atoms with van der Waals surface area (Å²) in [6, 6.07) is 6.86. The minimum atomic E-state index is 0. The van der Waals surface area contributed by atoms with Crippen molar-refractivity contribution < 1.29 is 9.53 Å². The molecule has 1 amide bonds. The molecule has 0 aromatic heterocycles. The normalized spacial score (nSPS) is 28.4. The van der Waals surface area contributed by atoms with Gasteiger partial charge in [0.1, 0.15) is 5.75 Å². The Balaban J connectivity index is 0.00000205. The number of benzene rings is 1. The van der Waals surface area contributed by atoms with E-state index < -0.39 is 0 Å². The third-order valence-corrected chi connectivity index (χ3v) is 8.15. The number of nitrogens with one attached hydrogen (secondary N) is 1. The molecule has 2 aliphatic carbocycles. The van der Waals surface area contributed by atoms with Crippen molar-refractivity contribution in [2.24, 2.45) is 17.3 Å². The SMILES string of the molecule is COc1ccc2c(c1)CN(C(=O)C1CC13CCNCC3)C(C1CCCCC1)C2.Cl. The number of halogens is 1. The summed E-state index contributed by atoms with van der Waals surface area (Å²) in [5, 5.41) is 3.47. The van der Waals surface area contributed by atoms with E-state index in [1.807, 2.05) is 0 Å². The zero-order valence-corrected chi connectivity index (χ0v) is 18.4. The van der Waals surface area contributed by atoms with Crippen LogP contribution in [0.15, 0.2) is 18.2 Å². The minimum Gasteiger partial charge on any atom is -0.497 e. The second-order valence-electron chi connectivity index (χ2n) is 9.64. The first-order valence-electron chi connectivity index (χ1n) is 11.4. The van der Waals surface area contributed by atoms with Gasteiger partial charge in [0.25, 0.3) is 0 Å². The summed E-state index contributed by atoms with van der Waals surface area (Å²) in [6.07, 6.45) is 11.1. The molecular formula is C24H35ClN2O2. The molecule has 29 heavy (non-hydrogen) atoms. The van der Waals surface area contributed by atoms with Crippen molar-refractivity contribution in [1.29, 1.82) is 0 Å². The average molecular weight is 419 g/mol. The van der Waals surface area contributed by atoms with Gasteiger partial charge in [0.05, 0.1) is 7.11 Å². The van der Waals surface area contributed by atoms with Crippen molar-refractivity contribution in [2.75, 3.05) is 20.2 Å². The molecule has 1 spiro atoms. The molecule has 1 N–H and O–H groups in total. The fraction of sp³-hybridized carbons (Fsp3) is 0.708. The van der Waals surface area contributed by atoms with E-state index in [-0.39, 0.29) is 18.3 Å². The van der Waals surface area contributed by atoms with Gasteiger partial charge >= 0.3 is 0 Å². The summed E-state index contributed by atoms with van der Waals surface area (Å²) in [5.74, 6) is 2.30. The predicted molar refractivity (Wildman–Crippen MR) is 118 cm³/mol. The van der Waals surface area contributed by atoms with E-state index in [4.69, 9.17) is 4.74 Å². The molecular weight excluding hydrogens is 384 g/mol. The summed E-state index contributed by atoms with van der Waals surface area (Å²) in [7, 11) is 1.73. The van der Waals surface area contributed by atoms with Crippen LogP contribution in [-0.2, 0) is 17.8 Å². The number of hydrogen-bond acceptors (Lipinski definition) is 3. The smallest absolute Gasteiger partial charge is 0.226 e. The highest BCUT2D eigenvalue weighted by Gasteiger charge is 2.59. The van der Waals surface area contributed by atoms with Gasteiger partial charge in [-0.3, -0.25) is 4.79 Å². The number of rotatable bonds is 3. The second-order valence-corrected chi connectivity index (χ2v) is 9.64. The molecule has 2 saturated carbocycles. The van der Waals surface area contributed by atoms with Gasteiger partial charge in [0.15, 0.2) is 0 Å². The lowest BCUT2D eigenvalue weighted by atomic mass is 9.78. The van der Waals surface area contributed by atoms with E-state index in [9.17, 15) is 4.79 Å². The maximum Gasteiger partial charge on any atom is 0.226 e. The summed E-state index contributed by atoms with van der Waals surface area (Å²) in [5.41, 5.74) is 3.03. The molecule has 5 rings (SSSR count). The molecule has 3 fully saturated rings. The molecule has 2 aliphatic heterocycles. The average Bonchev–Trinajstić information content (AvgIpc) is 3.45. The lowest BCUT2D eigenvalue weighted by molar-refractivity contribution is -0.139. The highest BCUT2D eigenvalue weighted by atomic mass is 35.5. The van der Waals surface area contributed by atoms with Crippen LogP contribution < -0.4 is 10.1 Å². The summed E-state index contributed by atoms with van der Waals surface area (Å²) in [6.45, 7) is 2.93. The first-order valence-corrected chi connectivity index (χ1v) is 11.4. The van der Waals surface area contributed by atoms with Crippen LogP contribution in [0.25, 0.3) is 0 Å². The van der Waals surface area contributed by atoms with Gasteiger partial charge in [-0.25, -0.2) is 0 Å². The standard InChI is InChI=1S/C24H34N2O2.ClH/c1-28-20-8-7-18-14-22(17-5-3-2-4-6-17)26(16-19(18)13-20)23(27)21-15-24(21)9-11-25-12-10-24;/h7-8,13,17,21-22,25H,2-6,9-12,14-16H2,1H3;1H. The maximum absolute atomic E-state index is 13.7. The van der Waals surface area contributed by atoms with Crippen molar-refractivity contribution in [2.45, 2.75) is 70.4 Å². The van der Waals surface area contributed by atoms with Crippen LogP contribution in [0.1, 0.15) is 62.5 Å². The fourth-order valence-corrected chi connectivity index (χ4v) is 6.27. The highest BCUT2D eigenvalue weighted by Crippen LogP contribution is 2.59. The zero-order chi connectivity index (χ0) is 19.1. The third-order valence-electron chi connectivity index (χ3n) is 8.15. The van der Waals surface area contributed by atoms with Crippen molar-refractivity contribution >= 4 is 18.3 Å². The van der Waals surface area contributed by atoms with E-state index in [0.29, 0.717) is 23.3 Å². The van der Waals surface area contributed by atoms with Crippen LogP contribution in [0.5, 0.6) is 5.75 Å². The van der Waals surface area contributed by atoms with Gasteiger partial charge in [-0.2, -0.15) is 0 Å². The van der Waals surface area contributed by atoms with E-state index in [0.717, 1.165) is 38.2 Å². The van der Waals surface area contributed by atoms with E-state index in [1.165, 1.54) is 56.1 Å². The Hall–Kier alpha value is -1.26. The van der Waals surface area contributed by atoms with E-state index in [2.05, 4.69) is 28.4 Å². The molecule has 2 atom stereocenters. The van der Waals surface area contributed by atoms with Gasteiger partial charge in [-0.1, -0.05) is 25.3 Å². The summed E-state index contributed by atoms with van der Waals surface area (Å²) >= 11 is 0. The molecule has 2 heterocycles. The molecule has 1 aromatic carbocycles. The van der Waals surface area contributed by atoms with Gasteiger partial charge < -0.3 is 15.0 Å². The van der Waals surface area contributed by atoms with Gasteiger partial charge in [-0.15, -0.1) is 12.4 Å². The predicted octanol–water partition coefficient (Wildman–Crippen LogP) is 4.34. The molecule has 5 heteroatoms. The Morgan fingerprint density at radius 2 is 1.90 bits per heavy atom. The minimum absolute atomic E-state index is 0. The van der Waals surface area contributed by atoms with Gasteiger partial charge in [0, 0.05) is 18.5 Å². The first kappa shape index (κ1) is 21.0. The number of piperidine rings is 1. The summed E-state index contributed by atoms with van der Waals surface area (Å²) in [4.78, 5) is 16.0. The number of carbonyl (C=O) groups is 1. The Bertz CT molecular complexity index is 740. The number of fused-ring (bicyclic) bond motifs is 1. The first-order chi connectivity index (χ1) is 13.7. The van der Waals surface area contributed by atoms with Crippen molar-refractivity contribution in [1.82, 2.24) is 10.2 Å². The van der Waals surface area contributed by atoms with Crippen LogP contribution in [-0.4, -0.2) is 37.0 Å². The molecule has 4 aliphatic rings. The zero-order valence-electron chi connectivity index (χ0n) is 17.6. The van der Waals surface area contributed by atoms with E-state index >= 15 is 0 Å². The number of carbonyl (C=O) groups excluding carboxylic acids is 1. The highest BCUT2D eigenvalue weighted by molar-refractivity contribution is 5.85. The topological polar surface area (TPSA) is 41.6 Å². The van der Waals surface area contributed by atoms with Crippen LogP contribution in [0.2, 0.25) is 0 Å². The summed E-state index contributed by atoms with van der Waals surface area (Å²) < 4.78 is 5.46. The Morgan fingerprint density at radius 3 is 2.62 bits per heavy atom. The lowest BCUT2D eigenvalue weighted by Gasteiger charge is -2.43. The number of hydrogen-bond donors (Lipinski definition) is 1. The third kappa shape index (κ3) is 3.90. The monoisotopic (exact) mass is 418 g/mol. The number of amides is 1. The molecule has 2 unspecified atom stereocenters. The van der Waals surface area contributed by atoms with Gasteiger partial charge in [0.2, 0.25) is 5.91 Å². The molecule has 0 bridgehead atoms. The largest absolute Gasteiger partial charge is 0.497 e. The molecule has 1 aromatic rings. The molecule has 4 nitrogen and oxygen atoms in total. The van der Waals surface area contributed by atoms with E-state index in [1.54, 1.807) is 7.11 Å². The van der Waals surface area contributed by atoms with Crippen LogP contribution >= 0.6 is 12.4 Å². The Labute approximate surface area is 181 Å². The maximum atomic E-state index is 13.7. The second kappa shape index (κ2) is 8.47. The Kier molecular flexibility index (Phi) is 6.13. The Morgan fingerprint density at radius 1 is 1.14 bits per heavy atom. The van der Waals surface area contributed by atoms with Crippen LogP contribution in [0, 0.1) is 17.3 Å². The van der Waals surface area contributed by atoms with Crippen LogP contribution in [0.3, 0.4) is 0 Å². The molecule has 1 saturated heterocycles. The number of nitrogens with zero attached hydrogens (tertiary/aromatic N) is 1. The lowest BCUT2D eigenvalue weighted by Crippen LogP contribution is -2.50. The van der Waals surface area contributed by atoms with Crippen molar-refractivity contribution in [3.63, 3.8) is 0 Å². The van der Waals surface area contributed by atoms with Crippen molar-refractivity contribution in [3.8, 4) is 5.75 Å². The van der Waals surface area contributed by atoms with Crippen molar-refractivity contribution in [3.05, 3.63) is 29.3 Å². The number of methoxy groups -OCH3 is 1. The molecule has 0 radical (unpaired) electrons. The van der Waals surface area contributed by atoms with Gasteiger partial charge in [-0.05, 0) is 86.2 Å². The molecule has 160 valence electrons. The fourth-order valence-electron chi connectivity index (χ4n) is 6.27. The number of ether oxygens (including phenoxy) is 1. The van der Waals surface area contributed by atoms with Crippen LogP contribution in [0.4, 0.5) is 0 Å². The quantitative estimate of drug-likeness (QED) is 0.793.